The maximum absolute atomic E-state index is 12.7. The molecule has 1 aromatic carbocycles. The molecule has 5 nitrogen and oxygen atoms in total. The van der Waals surface area contributed by atoms with Crippen LogP contribution in [0.1, 0.15) is 26.7 Å². The molecule has 0 aliphatic carbocycles. The van der Waals surface area contributed by atoms with Crippen LogP contribution in [-0.4, -0.2) is 37.3 Å². The summed E-state index contributed by atoms with van der Waals surface area (Å²) in [6.07, 6.45) is 1.26. The van der Waals surface area contributed by atoms with Crippen molar-refractivity contribution in [3.63, 3.8) is 0 Å². The van der Waals surface area contributed by atoms with Crippen LogP contribution in [0, 0.1) is 0 Å². The van der Waals surface area contributed by atoms with Gasteiger partial charge in [0.15, 0.2) is 0 Å². The van der Waals surface area contributed by atoms with Crippen molar-refractivity contribution in [1.82, 2.24) is 9.62 Å². The number of halogens is 1. The predicted octanol–water partition coefficient (Wildman–Crippen LogP) is 2.13. The zero-order valence-electron chi connectivity index (χ0n) is 12.0. The van der Waals surface area contributed by atoms with Crippen LogP contribution >= 0.6 is 15.9 Å². The molecule has 0 radical (unpaired) electrons. The molecule has 0 bridgehead atoms. The number of sulfonamides is 1. The van der Waals surface area contributed by atoms with Crippen molar-refractivity contribution in [2.45, 2.75) is 43.7 Å². The molecule has 1 unspecified atom stereocenters. The first kappa shape index (κ1) is 16.5. The number of rotatable bonds is 4. The molecule has 1 saturated heterocycles. The smallest absolute Gasteiger partial charge is 0.243 e. The van der Waals surface area contributed by atoms with E-state index in [2.05, 4.69) is 21.2 Å². The highest BCUT2D eigenvalue weighted by molar-refractivity contribution is 9.10. The third kappa shape index (κ3) is 3.64. The van der Waals surface area contributed by atoms with Gasteiger partial charge in [0.05, 0.1) is 4.90 Å². The number of nitrogens with zero attached hydrogens (tertiary/aromatic N) is 1. The highest BCUT2D eigenvalue weighted by Crippen LogP contribution is 2.27. The Morgan fingerprint density at radius 3 is 2.52 bits per heavy atom. The first-order valence-electron chi connectivity index (χ1n) is 6.90. The fourth-order valence-electron chi connectivity index (χ4n) is 2.41. The molecule has 1 atom stereocenters. The molecule has 116 valence electrons. The van der Waals surface area contributed by atoms with Gasteiger partial charge in [-0.15, -0.1) is 0 Å². The molecular formula is C14H19BrN2O3S. The predicted molar refractivity (Wildman–Crippen MR) is 84.3 cm³/mol. The summed E-state index contributed by atoms with van der Waals surface area (Å²) in [5.74, 6) is -0.219. The highest BCUT2D eigenvalue weighted by atomic mass is 79.9. The van der Waals surface area contributed by atoms with E-state index in [0.29, 0.717) is 19.4 Å². The Morgan fingerprint density at radius 2 is 1.95 bits per heavy atom. The molecule has 1 N–H and O–H groups in total. The minimum atomic E-state index is -3.63. The van der Waals surface area contributed by atoms with Crippen LogP contribution in [0.5, 0.6) is 0 Å². The van der Waals surface area contributed by atoms with Gasteiger partial charge in [-0.1, -0.05) is 15.9 Å². The summed E-state index contributed by atoms with van der Waals surface area (Å²) in [5.41, 5.74) is 0. The van der Waals surface area contributed by atoms with Gasteiger partial charge in [-0.05, 0) is 51.0 Å². The number of carbonyl (C=O) groups excluding carboxylic acids is 1. The highest BCUT2D eigenvalue weighted by Gasteiger charge is 2.39. The van der Waals surface area contributed by atoms with Crippen molar-refractivity contribution in [2.24, 2.45) is 0 Å². The van der Waals surface area contributed by atoms with Crippen molar-refractivity contribution in [1.29, 1.82) is 0 Å². The molecule has 1 fully saturated rings. The maximum Gasteiger partial charge on any atom is 0.243 e. The lowest BCUT2D eigenvalue weighted by atomic mass is 10.2. The van der Waals surface area contributed by atoms with Crippen LogP contribution in [0.25, 0.3) is 0 Å². The summed E-state index contributed by atoms with van der Waals surface area (Å²) in [7, 11) is -3.63. The molecule has 0 aromatic heterocycles. The number of hydrogen-bond donors (Lipinski definition) is 1. The van der Waals surface area contributed by atoms with Gasteiger partial charge in [0.1, 0.15) is 6.04 Å². The minimum Gasteiger partial charge on any atom is -0.353 e. The van der Waals surface area contributed by atoms with E-state index in [-0.39, 0.29) is 16.8 Å². The lowest BCUT2D eigenvalue weighted by molar-refractivity contribution is -0.124. The SMILES string of the molecule is CC(C)NC(=O)C1CCCN1S(=O)(=O)c1ccc(Br)cc1. The van der Waals surface area contributed by atoms with Gasteiger partial charge in [0, 0.05) is 17.1 Å². The van der Waals surface area contributed by atoms with Gasteiger partial charge in [-0.2, -0.15) is 4.31 Å². The summed E-state index contributed by atoms with van der Waals surface area (Å²) in [6, 6.07) is 5.86. The van der Waals surface area contributed by atoms with Gasteiger partial charge in [0.25, 0.3) is 0 Å². The monoisotopic (exact) mass is 374 g/mol. The second-order valence-corrected chi connectivity index (χ2v) is 8.20. The molecule has 1 amide bonds. The topological polar surface area (TPSA) is 66.5 Å². The van der Waals surface area contributed by atoms with Crippen molar-refractivity contribution in [3.8, 4) is 0 Å². The largest absolute Gasteiger partial charge is 0.353 e. The van der Waals surface area contributed by atoms with E-state index >= 15 is 0 Å². The third-order valence-electron chi connectivity index (χ3n) is 3.36. The molecule has 0 spiro atoms. The Bertz CT molecular complexity index is 614. The van der Waals surface area contributed by atoms with E-state index in [1.54, 1.807) is 24.3 Å². The van der Waals surface area contributed by atoms with Crippen LogP contribution in [0.2, 0.25) is 0 Å². The number of benzene rings is 1. The average molecular weight is 375 g/mol. The standard InChI is InChI=1S/C14H19BrN2O3S/c1-10(2)16-14(18)13-4-3-9-17(13)21(19,20)12-7-5-11(15)6-8-12/h5-8,10,13H,3-4,9H2,1-2H3,(H,16,18). The van der Waals surface area contributed by atoms with Gasteiger partial charge in [-0.3, -0.25) is 4.79 Å². The van der Waals surface area contributed by atoms with Crippen LogP contribution in [0.4, 0.5) is 0 Å². The van der Waals surface area contributed by atoms with Crippen molar-refractivity contribution in [2.75, 3.05) is 6.54 Å². The van der Waals surface area contributed by atoms with Crippen LogP contribution in [-0.2, 0) is 14.8 Å². The number of hydrogen-bond acceptors (Lipinski definition) is 3. The van der Waals surface area contributed by atoms with E-state index in [0.717, 1.165) is 4.47 Å². The van der Waals surface area contributed by atoms with Gasteiger partial charge in [-0.25, -0.2) is 8.42 Å². The molecular weight excluding hydrogens is 356 g/mol. The maximum atomic E-state index is 12.7. The van der Waals surface area contributed by atoms with Crippen molar-refractivity contribution in [3.05, 3.63) is 28.7 Å². The van der Waals surface area contributed by atoms with E-state index < -0.39 is 16.1 Å². The summed E-state index contributed by atoms with van der Waals surface area (Å²) in [6.45, 7) is 4.11. The van der Waals surface area contributed by atoms with Gasteiger partial charge in [0.2, 0.25) is 15.9 Å². The van der Waals surface area contributed by atoms with Gasteiger partial charge >= 0.3 is 0 Å². The summed E-state index contributed by atoms with van der Waals surface area (Å²) < 4.78 is 27.5. The van der Waals surface area contributed by atoms with E-state index in [9.17, 15) is 13.2 Å². The number of amides is 1. The Morgan fingerprint density at radius 1 is 1.33 bits per heavy atom. The first-order valence-corrected chi connectivity index (χ1v) is 9.13. The Hall–Kier alpha value is -0.920. The first-order chi connectivity index (χ1) is 9.82. The Labute approximate surface area is 133 Å². The third-order valence-corrected chi connectivity index (χ3v) is 5.81. The number of carbonyl (C=O) groups is 1. The van der Waals surface area contributed by atoms with Crippen molar-refractivity contribution >= 4 is 31.9 Å². The van der Waals surface area contributed by atoms with Gasteiger partial charge < -0.3 is 5.32 Å². The van der Waals surface area contributed by atoms with Crippen molar-refractivity contribution < 1.29 is 13.2 Å². The summed E-state index contributed by atoms with van der Waals surface area (Å²) in [5, 5.41) is 2.79. The zero-order valence-corrected chi connectivity index (χ0v) is 14.4. The number of nitrogens with one attached hydrogen (secondary N) is 1. The van der Waals surface area contributed by atoms with Crippen LogP contribution < -0.4 is 5.32 Å². The van der Waals surface area contributed by atoms with Crippen LogP contribution in [0.3, 0.4) is 0 Å². The molecule has 1 heterocycles. The molecule has 21 heavy (non-hydrogen) atoms. The molecule has 7 heteroatoms. The quantitative estimate of drug-likeness (QED) is 0.877. The Kier molecular flexibility index (Phi) is 5.06. The fraction of sp³-hybridized carbons (Fsp3) is 0.500. The molecule has 2 rings (SSSR count). The second kappa shape index (κ2) is 6.46. The average Bonchev–Trinajstić information content (AvgIpc) is 2.88. The molecule has 1 aliphatic rings. The Balaban J connectivity index is 2.26. The zero-order chi connectivity index (χ0) is 15.6. The normalized spacial score (nSPS) is 19.9. The molecule has 1 aromatic rings. The lowest BCUT2D eigenvalue weighted by Gasteiger charge is -2.24. The summed E-state index contributed by atoms with van der Waals surface area (Å²) in [4.78, 5) is 12.4. The van der Waals surface area contributed by atoms with E-state index in [1.807, 2.05) is 13.8 Å². The van der Waals surface area contributed by atoms with Crippen LogP contribution in [0.15, 0.2) is 33.6 Å². The molecule has 0 saturated carbocycles. The second-order valence-electron chi connectivity index (χ2n) is 5.39. The minimum absolute atomic E-state index is 0.00432. The van der Waals surface area contributed by atoms with E-state index in [4.69, 9.17) is 0 Å². The summed E-state index contributed by atoms with van der Waals surface area (Å²) >= 11 is 3.29. The van der Waals surface area contributed by atoms with E-state index in [1.165, 1.54) is 4.31 Å². The fourth-order valence-corrected chi connectivity index (χ4v) is 4.33. The lowest BCUT2D eigenvalue weighted by Crippen LogP contribution is -2.47. The molecule has 1 aliphatic heterocycles.